The van der Waals surface area contributed by atoms with Crippen molar-refractivity contribution in [3.8, 4) is 0 Å². The Balaban J connectivity index is 1.52. The van der Waals surface area contributed by atoms with Crippen molar-refractivity contribution in [2.24, 2.45) is 52.3 Å². The van der Waals surface area contributed by atoms with E-state index in [1.807, 2.05) is 6.08 Å². The molecule has 2 nitrogen and oxygen atoms in total. The van der Waals surface area contributed by atoms with E-state index >= 15 is 0 Å². The van der Waals surface area contributed by atoms with Crippen LogP contribution < -0.4 is 0 Å². The average molecular weight is 415 g/mol. The van der Waals surface area contributed by atoms with Crippen molar-refractivity contribution in [3.05, 3.63) is 11.6 Å². The number of fused-ring (bicyclic) bond motifs is 5. The lowest BCUT2D eigenvalue weighted by molar-refractivity contribution is -0.119. The molecule has 4 aliphatic carbocycles. The summed E-state index contributed by atoms with van der Waals surface area (Å²) in [4.78, 5) is 12.1. The second-order valence-corrected chi connectivity index (χ2v) is 12.6. The van der Waals surface area contributed by atoms with Gasteiger partial charge in [-0.05, 0) is 102 Å². The molecule has 3 saturated carbocycles. The summed E-state index contributed by atoms with van der Waals surface area (Å²) < 4.78 is 0. The van der Waals surface area contributed by atoms with Gasteiger partial charge in [0.1, 0.15) is 0 Å². The molecule has 3 fully saturated rings. The summed E-state index contributed by atoms with van der Waals surface area (Å²) in [7, 11) is 0. The molecule has 2 heteroatoms. The Labute approximate surface area is 185 Å². The Morgan fingerprint density at radius 2 is 1.77 bits per heavy atom. The van der Waals surface area contributed by atoms with Crippen molar-refractivity contribution in [3.63, 3.8) is 0 Å². The molecule has 0 spiro atoms. The molecule has 2 unspecified atom stereocenters. The van der Waals surface area contributed by atoms with Crippen molar-refractivity contribution in [2.75, 3.05) is 0 Å². The molecule has 0 aromatic rings. The van der Waals surface area contributed by atoms with Crippen LogP contribution >= 0.6 is 0 Å². The molecule has 9 atom stereocenters. The highest BCUT2D eigenvalue weighted by Crippen LogP contribution is 2.67. The molecule has 30 heavy (non-hydrogen) atoms. The van der Waals surface area contributed by atoms with Gasteiger partial charge in [-0.3, -0.25) is 4.79 Å². The minimum atomic E-state index is -0.397. The van der Waals surface area contributed by atoms with Crippen molar-refractivity contribution in [1.82, 2.24) is 0 Å². The summed E-state index contributed by atoms with van der Waals surface area (Å²) in [5.41, 5.74) is 1.58. The van der Waals surface area contributed by atoms with Gasteiger partial charge in [-0.25, -0.2) is 0 Å². The maximum Gasteiger partial charge on any atom is 0.155 e. The summed E-state index contributed by atoms with van der Waals surface area (Å²) >= 11 is 0. The van der Waals surface area contributed by atoms with Crippen LogP contribution in [0.1, 0.15) is 99.3 Å². The minimum absolute atomic E-state index is 0.0496. The fourth-order valence-corrected chi connectivity index (χ4v) is 8.64. The Bertz CT molecular complexity index is 693. The average Bonchev–Trinajstić information content (AvgIpc) is 3.04. The highest BCUT2D eigenvalue weighted by molar-refractivity contribution is 5.91. The maximum absolute atomic E-state index is 12.1. The standard InChI is InChI=1S/C28H46O2/c1-17(2)18(3)7-8-19(4)22-9-10-23-21-16-26(30)25-15-20(29)11-13-28(25,6)24(21)12-14-27(22,23)5/h15,17-19,21-24,26,30H,7-14,16H2,1-6H3/t18?,19-,21+,22-,23+,24+,26?,27-,28-/m1/s1. The largest absolute Gasteiger partial charge is 0.389 e. The summed E-state index contributed by atoms with van der Waals surface area (Å²) in [6, 6.07) is 0. The topological polar surface area (TPSA) is 37.3 Å². The predicted octanol–water partition coefficient (Wildman–Crippen LogP) is 6.81. The first-order chi connectivity index (χ1) is 14.1. The molecule has 0 saturated heterocycles. The number of carbonyl (C=O) groups is 1. The molecule has 4 rings (SSSR count). The molecule has 0 bridgehead atoms. The summed E-state index contributed by atoms with van der Waals surface area (Å²) in [5, 5.41) is 11.1. The van der Waals surface area contributed by atoms with Gasteiger partial charge in [0.05, 0.1) is 6.10 Å². The third kappa shape index (κ3) is 3.54. The van der Waals surface area contributed by atoms with E-state index in [1.165, 1.54) is 38.5 Å². The van der Waals surface area contributed by atoms with Crippen LogP contribution in [0.4, 0.5) is 0 Å². The second kappa shape index (κ2) is 8.05. The lowest BCUT2D eigenvalue weighted by Crippen LogP contribution is -2.54. The molecule has 0 aromatic heterocycles. The molecule has 170 valence electrons. The van der Waals surface area contributed by atoms with E-state index < -0.39 is 6.10 Å². The van der Waals surface area contributed by atoms with Gasteiger partial charge in [0.15, 0.2) is 5.78 Å². The molecule has 4 aliphatic rings. The third-order valence-electron chi connectivity index (χ3n) is 11.0. The van der Waals surface area contributed by atoms with Crippen LogP contribution in [0.25, 0.3) is 0 Å². The number of hydrogen-bond acceptors (Lipinski definition) is 2. The Morgan fingerprint density at radius 1 is 1.03 bits per heavy atom. The van der Waals surface area contributed by atoms with E-state index in [-0.39, 0.29) is 11.2 Å². The van der Waals surface area contributed by atoms with Gasteiger partial charge >= 0.3 is 0 Å². The molecule has 0 radical (unpaired) electrons. The molecule has 0 aromatic carbocycles. The quantitative estimate of drug-likeness (QED) is 0.536. The van der Waals surface area contributed by atoms with Crippen molar-refractivity contribution >= 4 is 5.78 Å². The summed E-state index contributed by atoms with van der Waals surface area (Å²) in [6.45, 7) is 14.7. The number of aliphatic hydroxyl groups excluding tert-OH is 1. The van der Waals surface area contributed by atoms with Crippen molar-refractivity contribution < 1.29 is 9.90 Å². The smallest absolute Gasteiger partial charge is 0.155 e. The maximum atomic E-state index is 12.1. The SMILES string of the molecule is CC(C)C(C)CC[C@@H](C)[C@H]1CC[C@H]2[C@@H]3CC(O)C4=CC(=O)CC[C@]4(C)[C@H]3CC[C@]12C. The number of aliphatic hydroxyl groups is 1. The first-order valence-corrected chi connectivity index (χ1v) is 13.0. The van der Waals surface area contributed by atoms with Gasteiger partial charge in [0.25, 0.3) is 0 Å². The van der Waals surface area contributed by atoms with Gasteiger partial charge in [-0.15, -0.1) is 0 Å². The molecular weight excluding hydrogens is 368 g/mol. The van der Waals surface area contributed by atoms with Gasteiger partial charge in [0, 0.05) is 6.42 Å². The first-order valence-electron chi connectivity index (χ1n) is 13.0. The highest BCUT2D eigenvalue weighted by atomic mass is 16.3. The van der Waals surface area contributed by atoms with Gasteiger partial charge in [0.2, 0.25) is 0 Å². The van der Waals surface area contributed by atoms with Crippen LogP contribution in [-0.4, -0.2) is 17.0 Å². The van der Waals surface area contributed by atoms with E-state index in [4.69, 9.17) is 0 Å². The number of ketones is 1. The zero-order chi connectivity index (χ0) is 21.8. The van der Waals surface area contributed by atoms with E-state index in [0.29, 0.717) is 23.7 Å². The zero-order valence-electron chi connectivity index (χ0n) is 20.4. The number of carbonyl (C=O) groups excluding carboxylic acids is 1. The molecule has 1 N–H and O–H groups in total. The lowest BCUT2D eigenvalue weighted by Gasteiger charge is -2.59. The minimum Gasteiger partial charge on any atom is -0.389 e. The van der Waals surface area contributed by atoms with E-state index in [9.17, 15) is 9.90 Å². The molecule has 0 heterocycles. The zero-order valence-corrected chi connectivity index (χ0v) is 20.4. The second-order valence-electron chi connectivity index (χ2n) is 12.6. The lowest BCUT2D eigenvalue weighted by atomic mass is 9.46. The highest BCUT2D eigenvalue weighted by Gasteiger charge is 2.60. The van der Waals surface area contributed by atoms with E-state index in [2.05, 4.69) is 41.5 Å². The van der Waals surface area contributed by atoms with Crippen molar-refractivity contribution in [2.45, 2.75) is 105 Å². The van der Waals surface area contributed by atoms with Crippen LogP contribution in [-0.2, 0) is 4.79 Å². The first kappa shape index (κ1) is 22.6. The predicted molar refractivity (Wildman–Crippen MR) is 124 cm³/mol. The van der Waals surface area contributed by atoms with Gasteiger partial charge < -0.3 is 5.11 Å². The van der Waals surface area contributed by atoms with Crippen LogP contribution in [0.2, 0.25) is 0 Å². The Hall–Kier alpha value is -0.630. The fourth-order valence-electron chi connectivity index (χ4n) is 8.64. The Morgan fingerprint density at radius 3 is 2.47 bits per heavy atom. The summed E-state index contributed by atoms with van der Waals surface area (Å²) in [6.07, 6.45) is 12.1. The van der Waals surface area contributed by atoms with Crippen LogP contribution in [0.15, 0.2) is 11.6 Å². The summed E-state index contributed by atoms with van der Waals surface area (Å²) in [5.74, 6) is 5.55. The van der Waals surface area contributed by atoms with E-state index in [1.54, 1.807) is 0 Å². The van der Waals surface area contributed by atoms with Crippen LogP contribution in [0, 0.1) is 52.3 Å². The van der Waals surface area contributed by atoms with Gasteiger partial charge in [-0.2, -0.15) is 0 Å². The third-order valence-corrected chi connectivity index (χ3v) is 11.0. The fraction of sp³-hybridized carbons (Fsp3) is 0.893. The molecule has 0 amide bonds. The number of rotatable bonds is 5. The molecule has 0 aliphatic heterocycles. The monoisotopic (exact) mass is 414 g/mol. The Kier molecular flexibility index (Phi) is 6.06. The van der Waals surface area contributed by atoms with Crippen molar-refractivity contribution in [1.29, 1.82) is 0 Å². The normalized spacial score (nSPS) is 45.4. The molecular formula is C28H46O2. The van der Waals surface area contributed by atoms with Gasteiger partial charge in [-0.1, -0.05) is 54.4 Å². The van der Waals surface area contributed by atoms with Crippen LogP contribution in [0.3, 0.4) is 0 Å². The van der Waals surface area contributed by atoms with Crippen LogP contribution in [0.5, 0.6) is 0 Å². The number of hydrogen-bond donors (Lipinski definition) is 1. The van der Waals surface area contributed by atoms with E-state index in [0.717, 1.165) is 48.0 Å².